The number of aliphatic hydroxyl groups is 2. The van der Waals surface area contributed by atoms with E-state index in [1.807, 2.05) is 65.3 Å². The van der Waals surface area contributed by atoms with Crippen LogP contribution < -0.4 is 15.4 Å². The summed E-state index contributed by atoms with van der Waals surface area (Å²) in [5.74, 6) is -0.108. The Bertz CT molecular complexity index is 1150. The van der Waals surface area contributed by atoms with Crippen LogP contribution in [0.1, 0.15) is 58.3 Å². The molecule has 2 saturated heterocycles. The maximum atomic E-state index is 13.5. The minimum atomic E-state index is -0.797. The van der Waals surface area contributed by atoms with Crippen LogP contribution in [0.4, 0.5) is 0 Å². The maximum absolute atomic E-state index is 13.5. The first-order chi connectivity index (χ1) is 20.2. The van der Waals surface area contributed by atoms with Gasteiger partial charge in [-0.05, 0) is 24.5 Å². The number of carbonyl (C=O) groups excluding carboxylic acids is 2. The van der Waals surface area contributed by atoms with Crippen LogP contribution in [0.2, 0.25) is 0 Å². The summed E-state index contributed by atoms with van der Waals surface area (Å²) in [4.78, 5) is 35.8. The monoisotopic (exact) mass is 603 g/mol. The second kappa shape index (κ2) is 16.3. The van der Waals surface area contributed by atoms with Gasteiger partial charge in [-0.1, -0.05) is 46.8 Å². The van der Waals surface area contributed by atoms with Crippen LogP contribution in [0.3, 0.4) is 0 Å². The molecule has 2 aliphatic heterocycles. The molecule has 11 heteroatoms. The highest BCUT2D eigenvalue weighted by atomic mass is 32.1. The molecule has 4 N–H and O–H groups in total. The topological polar surface area (TPSA) is 127 Å². The van der Waals surface area contributed by atoms with Crippen molar-refractivity contribution in [3.63, 3.8) is 0 Å². The van der Waals surface area contributed by atoms with E-state index < -0.39 is 24.1 Å². The fourth-order valence-electron chi connectivity index (χ4n) is 5.23. The van der Waals surface area contributed by atoms with Crippen molar-refractivity contribution in [2.24, 2.45) is 11.8 Å². The summed E-state index contributed by atoms with van der Waals surface area (Å²) in [6.45, 7) is 16.6. The van der Waals surface area contributed by atoms with E-state index in [4.69, 9.17) is 4.74 Å². The zero-order chi connectivity index (χ0) is 30.8. The Morgan fingerprint density at radius 3 is 2.55 bits per heavy atom. The van der Waals surface area contributed by atoms with Gasteiger partial charge in [-0.15, -0.1) is 11.3 Å². The van der Waals surface area contributed by atoms with Gasteiger partial charge in [-0.25, -0.2) is 4.98 Å². The molecule has 0 bridgehead atoms. The molecule has 1 aromatic heterocycles. The van der Waals surface area contributed by atoms with Crippen LogP contribution in [-0.2, 0) is 9.59 Å². The zero-order valence-electron chi connectivity index (χ0n) is 25.9. The van der Waals surface area contributed by atoms with Crippen LogP contribution in [-0.4, -0.2) is 101 Å². The number of nitrogens with zero attached hydrogens (tertiary/aromatic N) is 3. The number of β-amino-alcohol motifs (C(OH)–C–C–N with tert-alkyl or cyclic N) is 1. The highest BCUT2D eigenvalue weighted by Crippen LogP contribution is 2.35. The summed E-state index contributed by atoms with van der Waals surface area (Å²) in [5, 5.41) is 27.0. The molecule has 0 radical (unpaired) electrons. The number of piperazine rings is 1. The molecular formula is C31H49N5O5S. The van der Waals surface area contributed by atoms with Crippen LogP contribution in [0.25, 0.3) is 10.4 Å². The third kappa shape index (κ3) is 8.50. The lowest BCUT2D eigenvalue weighted by atomic mass is 9.96. The summed E-state index contributed by atoms with van der Waals surface area (Å²) in [6.07, 6.45) is -0.601. The van der Waals surface area contributed by atoms with E-state index in [0.717, 1.165) is 48.9 Å². The third-order valence-electron chi connectivity index (χ3n) is 8.02. The van der Waals surface area contributed by atoms with Gasteiger partial charge in [0.1, 0.15) is 18.4 Å². The van der Waals surface area contributed by atoms with Crippen molar-refractivity contribution in [3.05, 3.63) is 35.0 Å². The SMILES string of the molecule is CC.Cc1ncsc1-c1ccc(C(CO)NC(=O)C2CC(O)CN2C(=O)C(C)C(C)C)c(OCCN2CCNCC2)c1. The van der Waals surface area contributed by atoms with Crippen LogP contribution in [0.5, 0.6) is 5.75 Å². The van der Waals surface area contributed by atoms with Gasteiger partial charge in [0.2, 0.25) is 11.8 Å². The van der Waals surface area contributed by atoms with Gasteiger partial charge in [0.25, 0.3) is 0 Å². The Morgan fingerprint density at radius 1 is 1.21 bits per heavy atom. The quantitative estimate of drug-likeness (QED) is 0.309. The van der Waals surface area contributed by atoms with Gasteiger partial charge < -0.3 is 30.5 Å². The number of carbonyl (C=O) groups is 2. The Labute approximate surface area is 254 Å². The second-order valence-corrected chi connectivity index (χ2v) is 12.0. The van der Waals surface area contributed by atoms with Gasteiger partial charge in [-0.3, -0.25) is 14.5 Å². The van der Waals surface area contributed by atoms with E-state index in [2.05, 4.69) is 20.5 Å². The lowest BCUT2D eigenvalue weighted by Gasteiger charge is -2.30. The minimum Gasteiger partial charge on any atom is -0.492 e. The predicted octanol–water partition coefficient (Wildman–Crippen LogP) is 2.83. The Hall–Kier alpha value is -2.57. The van der Waals surface area contributed by atoms with Crippen molar-refractivity contribution in [1.29, 1.82) is 0 Å². The largest absolute Gasteiger partial charge is 0.492 e. The Morgan fingerprint density at radius 2 is 1.93 bits per heavy atom. The third-order valence-corrected chi connectivity index (χ3v) is 9.00. The highest BCUT2D eigenvalue weighted by molar-refractivity contribution is 7.13. The number of amides is 2. The molecule has 42 heavy (non-hydrogen) atoms. The molecule has 4 rings (SSSR count). The first kappa shape index (κ1) is 33.9. The van der Waals surface area contributed by atoms with E-state index in [-0.39, 0.29) is 37.3 Å². The molecule has 234 valence electrons. The second-order valence-electron chi connectivity index (χ2n) is 11.1. The molecule has 0 spiro atoms. The molecule has 2 aromatic rings. The number of aliphatic hydroxyl groups excluding tert-OH is 2. The lowest BCUT2D eigenvalue weighted by Crippen LogP contribution is -2.49. The number of aryl methyl sites for hydroxylation is 1. The van der Waals surface area contributed by atoms with Gasteiger partial charge >= 0.3 is 0 Å². The number of nitrogens with one attached hydrogen (secondary N) is 2. The van der Waals surface area contributed by atoms with Gasteiger partial charge in [0.05, 0.1) is 34.8 Å². The maximum Gasteiger partial charge on any atom is 0.243 e. The molecule has 2 aliphatic rings. The van der Waals surface area contributed by atoms with Crippen molar-refractivity contribution >= 4 is 23.2 Å². The molecule has 0 saturated carbocycles. The Balaban J connectivity index is 0.00000237. The molecule has 3 heterocycles. The molecule has 4 atom stereocenters. The summed E-state index contributed by atoms with van der Waals surface area (Å²) < 4.78 is 6.30. The van der Waals surface area contributed by atoms with E-state index in [1.165, 1.54) is 4.90 Å². The van der Waals surface area contributed by atoms with E-state index in [1.54, 1.807) is 11.3 Å². The summed E-state index contributed by atoms with van der Waals surface area (Å²) in [7, 11) is 0. The standard InChI is InChI=1S/C29H43N5O5S.C2H6/c1-18(2)19(3)29(38)34-15-22(36)14-25(34)28(37)32-24(16-35)23-6-5-21(27-20(4)31-17-40-27)13-26(23)39-12-11-33-9-7-30-8-10-33;1-2/h5-6,13,17-19,22,24-25,30,35-36H,7-12,14-16H2,1-4H3,(H,32,37);1-2H3. The van der Waals surface area contributed by atoms with Crippen molar-refractivity contribution in [2.75, 3.05) is 52.5 Å². The Kier molecular flexibility index (Phi) is 13.2. The molecule has 2 amide bonds. The molecule has 4 unspecified atom stereocenters. The number of likely N-dealkylation sites (tertiary alicyclic amines) is 1. The average Bonchev–Trinajstić information content (AvgIpc) is 3.62. The van der Waals surface area contributed by atoms with Crippen molar-refractivity contribution in [1.82, 2.24) is 25.4 Å². The van der Waals surface area contributed by atoms with Crippen molar-refractivity contribution < 1.29 is 24.5 Å². The smallest absolute Gasteiger partial charge is 0.243 e. The number of rotatable bonds is 11. The fourth-order valence-corrected chi connectivity index (χ4v) is 6.03. The summed E-state index contributed by atoms with van der Waals surface area (Å²) in [5.41, 5.74) is 4.36. The number of benzene rings is 1. The van der Waals surface area contributed by atoms with E-state index in [0.29, 0.717) is 17.9 Å². The predicted molar refractivity (Wildman–Crippen MR) is 167 cm³/mol. The number of ether oxygens (including phenoxy) is 1. The molecule has 2 fully saturated rings. The molecule has 1 aromatic carbocycles. The van der Waals surface area contributed by atoms with Crippen molar-refractivity contribution in [3.8, 4) is 16.2 Å². The van der Waals surface area contributed by atoms with Crippen molar-refractivity contribution in [2.45, 2.75) is 66.2 Å². The minimum absolute atomic E-state index is 0.112. The molecule has 0 aliphatic carbocycles. The summed E-state index contributed by atoms with van der Waals surface area (Å²) >= 11 is 1.55. The zero-order valence-corrected chi connectivity index (χ0v) is 26.7. The number of aromatic nitrogens is 1. The van der Waals surface area contributed by atoms with Crippen LogP contribution in [0.15, 0.2) is 23.7 Å². The van der Waals surface area contributed by atoms with E-state index >= 15 is 0 Å². The first-order valence-electron chi connectivity index (χ1n) is 15.2. The van der Waals surface area contributed by atoms with Gasteiger partial charge in [0.15, 0.2) is 0 Å². The number of hydrogen-bond donors (Lipinski definition) is 4. The molecular weight excluding hydrogens is 554 g/mol. The normalized spacial score (nSPS) is 20.5. The van der Waals surface area contributed by atoms with Crippen LogP contribution in [0, 0.1) is 18.8 Å². The summed E-state index contributed by atoms with van der Waals surface area (Å²) in [6, 6.07) is 4.24. The molecule has 10 nitrogen and oxygen atoms in total. The first-order valence-corrected chi connectivity index (χ1v) is 16.1. The highest BCUT2D eigenvalue weighted by Gasteiger charge is 2.41. The number of hydrogen-bond acceptors (Lipinski definition) is 9. The fraction of sp³-hybridized carbons (Fsp3) is 0.645. The number of thiazole rings is 1. The van der Waals surface area contributed by atoms with E-state index in [9.17, 15) is 19.8 Å². The lowest BCUT2D eigenvalue weighted by molar-refractivity contribution is -0.142. The average molecular weight is 604 g/mol. The van der Waals surface area contributed by atoms with Gasteiger partial charge in [0, 0.05) is 57.2 Å². The van der Waals surface area contributed by atoms with Gasteiger partial charge in [-0.2, -0.15) is 0 Å². The van der Waals surface area contributed by atoms with Crippen LogP contribution >= 0.6 is 11.3 Å².